The Kier molecular flexibility index (Phi) is 2.93. The Morgan fingerprint density at radius 2 is 1.76 bits per heavy atom. The lowest BCUT2D eigenvalue weighted by atomic mass is 9.42. The highest BCUT2D eigenvalue weighted by Crippen LogP contribution is 2.83. The second-order valence-electron chi connectivity index (χ2n) is 12.6. The van der Waals surface area contributed by atoms with Gasteiger partial charge in [0.05, 0.1) is 5.60 Å². The number of ether oxygens (including phenoxy) is 1. The van der Waals surface area contributed by atoms with E-state index in [4.69, 9.17) is 4.74 Å². The Bertz CT molecular complexity index is 852. The van der Waals surface area contributed by atoms with Gasteiger partial charge in [0.15, 0.2) is 0 Å². The van der Waals surface area contributed by atoms with Crippen LogP contribution in [0.2, 0.25) is 0 Å². The molecule has 1 N–H and O–H groups in total. The molecule has 158 valence electrons. The normalized spacial score (nSPS) is 66.5. The van der Waals surface area contributed by atoms with Crippen molar-refractivity contribution in [3.8, 4) is 0 Å². The fraction of sp³-hybridized carbons (Fsp3) is 0.920. The number of Topliss-reactive ketones (excluding diaryl/α,β-unsaturated/α-hetero) is 1. The molecule has 1 spiro atoms. The van der Waals surface area contributed by atoms with Gasteiger partial charge in [0.2, 0.25) is 0 Å². The summed E-state index contributed by atoms with van der Waals surface area (Å²) >= 11 is 0. The number of rotatable bonds is 0. The van der Waals surface area contributed by atoms with Crippen LogP contribution in [0.15, 0.2) is 0 Å². The summed E-state index contributed by atoms with van der Waals surface area (Å²) in [5.41, 5.74) is -1.02. The molecule has 0 radical (unpaired) electrons. The highest BCUT2D eigenvalue weighted by Gasteiger charge is 2.84. The van der Waals surface area contributed by atoms with Gasteiger partial charge in [-0.2, -0.15) is 0 Å². The van der Waals surface area contributed by atoms with Crippen LogP contribution in [0, 0.1) is 58.2 Å². The molecule has 12 atom stereocenters. The molecule has 7 aliphatic rings. The number of carbonyl (C=O) groups excluding carboxylic acids is 2. The van der Waals surface area contributed by atoms with Crippen molar-refractivity contribution in [2.75, 3.05) is 0 Å². The predicted octanol–water partition coefficient (Wildman–Crippen LogP) is 3.75. The van der Waals surface area contributed by atoms with Gasteiger partial charge in [0, 0.05) is 36.0 Å². The van der Waals surface area contributed by atoms with Gasteiger partial charge in [-0.05, 0) is 73.5 Å². The van der Waals surface area contributed by atoms with E-state index in [1.54, 1.807) is 0 Å². The van der Waals surface area contributed by atoms with Crippen molar-refractivity contribution in [2.24, 2.45) is 58.2 Å². The number of aliphatic hydroxyl groups is 1. The molecule has 7 fully saturated rings. The van der Waals surface area contributed by atoms with E-state index in [1.807, 2.05) is 0 Å². The molecular formula is C25H34O4. The molecule has 7 rings (SSSR count). The van der Waals surface area contributed by atoms with E-state index in [0.29, 0.717) is 66.6 Å². The molecule has 29 heavy (non-hydrogen) atoms. The minimum absolute atomic E-state index is 0.0214. The molecule has 0 bridgehead atoms. The first-order chi connectivity index (χ1) is 13.7. The summed E-state index contributed by atoms with van der Waals surface area (Å²) in [7, 11) is 0. The maximum Gasteiger partial charge on any atom is 0.306 e. The highest BCUT2D eigenvalue weighted by molar-refractivity contribution is 5.81. The zero-order chi connectivity index (χ0) is 20.1. The van der Waals surface area contributed by atoms with Gasteiger partial charge in [-0.25, -0.2) is 0 Å². The zero-order valence-corrected chi connectivity index (χ0v) is 17.9. The number of hydrogen-bond donors (Lipinski definition) is 1. The highest BCUT2D eigenvalue weighted by atomic mass is 16.6. The van der Waals surface area contributed by atoms with Crippen molar-refractivity contribution in [3.05, 3.63) is 0 Å². The molecule has 12 unspecified atom stereocenters. The zero-order valence-electron chi connectivity index (χ0n) is 17.9. The summed E-state index contributed by atoms with van der Waals surface area (Å²) in [6, 6.07) is 0. The largest absolute Gasteiger partial charge is 0.458 e. The van der Waals surface area contributed by atoms with E-state index in [0.717, 1.165) is 25.7 Å². The van der Waals surface area contributed by atoms with Crippen LogP contribution >= 0.6 is 0 Å². The fourth-order valence-electron chi connectivity index (χ4n) is 10.9. The van der Waals surface area contributed by atoms with Crippen molar-refractivity contribution < 1.29 is 19.4 Å². The summed E-state index contributed by atoms with van der Waals surface area (Å²) in [4.78, 5) is 24.6. The average molecular weight is 399 g/mol. The van der Waals surface area contributed by atoms with Gasteiger partial charge in [-0.1, -0.05) is 20.8 Å². The number of esters is 1. The number of hydrogen-bond acceptors (Lipinski definition) is 4. The Labute approximate surface area is 173 Å². The molecule has 4 heteroatoms. The lowest BCUT2D eigenvalue weighted by Crippen LogP contribution is -2.65. The fourth-order valence-corrected chi connectivity index (χ4v) is 10.9. The third kappa shape index (κ3) is 1.67. The summed E-state index contributed by atoms with van der Waals surface area (Å²) in [5, 5.41) is 12.0. The number of fused-ring (bicyclic) bond motifs is 12. The van der Waals surface area contributed by atoms with E-state index in [1.165, 1.54) is 6.42 Å². The van der Waals surface area contributed by atoms with Crippen molar-refractivity contribution in [1.82, 2.24) is 0 Å². The van der Waals surface area contributed by atoms with Crippen LogP contribution in [-0.4, -0.2) is 28.1 Å². The molecular weight excluding hydrogens is 364 g/mol. The van der Waals surface area contributed by atoms with Crippen LogP contribution in [0.5, 0.6) is 0 Å². The van der Waals surface area contributed by atoms with Crippen molar-refractivity contribution in [3.63, 3.8) is 0 Å². The summed E-state index contributed by atoms with van der Waals surface area (Å²) in [5.74, 6) is 4.73. The Balaban J connectivity index is 1.34. The van der Waals surface area contributed by atoms with Gasteiger partial charge >= 0.3 is 5.97 Å². The van der Waals surface area contributed by atoms with Crippen LogP contribution in [0.1, 0.15) is 72.1 Å². The van der Waals surface area contributed by atoms with Gasteiger partial charge in [0.25, 0.3) is 0 Å². The van der Waals surface area contributed by atoms with E-state index in [-0.39, 0.29) is 28.2 Å². The smallest absolute Gasteiger partial charge is 0.306 e. The maximum atomic E-state index is 12.4. The first-order valence-electron chi connectivity index (χ1n) is 12.1. The van der Waals surface area contributed by atoms with Crippen LogP contribution in [0.25, 0.3) is 0 Å². The minimum Gasteiger partial charge on any atom is -0.458 e. The Morgan fingerprint density at radius 3 is 2.48 bits per heavy atom. The third-order valence-corrected chi connectivity index (χ3v) is 12.1. The first kappa shape index (κ1) is 17.7. The van der Waals surface area contributed by atoms with Crippen LogP contribution in [0.4, 0.5) is 0 Å². The van der Waals surface area contributed by atoms with Crippen molar-refractivity contribution in [2.45, 2.75) is 83.3 Å². The molecule has 0 aromatic rings. The van der Waals surface area contributed by atoms with Gasteiger partial charge in [-0.15, -0.1) is 0 Å². The molecule has 4 nitrogen and oxygen atoms in total. The summed E-state index contributed by atoms with van der Waals surface area (Å²) < 4.78 is 6.22. The monoisotopic (exact) mass is 398 g/mol. The molecule has 6 aliphatic carbocycles. The van der Waals surface area contributed by atoms with E-state index >= 15 is 0 Å². The Morgan fingerprint density at radius 1 is 0.966 bits per heavy atom. The maximum absolute atomic E-state index is 12.4. The van der Waals surface area contributed by atoms with Gasteiger partial charge < -0.3 is 9.84 Å². The molecule has 1 saturated heterocycles. The summed E-state index contributed by atoms with van der Waals surface area (Å²) in [6.45, 7) is 7.10. The Hall–Kier alpha value is -0.900. The van der Waals surface area contributed by atoms with Crippen molar-refractivity contribution in [1.29, 1.82) is 0 Å². The number of carbonyl (C=O) groups is 2. The SMILES string of the molecule is CC1C2C3C(CCC4(C)C3C3CC3C43CCC(=O)O3)C3(C)CCC(=O)CC3(O)C12. The second-order valence-corrected chi connectivity index (χ2v) is 12.6. The molecule has 1 heterocycles. The average Bonchev–Trinajstić information content (AvgIpc) is 3.52. The van der Waals surface area contributed by atoms with Crippen LogP contribution in [-0.2, 0) is 14.3 Å². The number of ketones is 1. The van der Waals surface area contributed by atoms with E-state index < -0.39 is 5.60 Å². The molecule has 6 saturated carbocycles. The summed E-state index contributed by atoms with van der Waals surface area (Å²) in [6.07, 6.45) is 6.89. The van der Waals surface area contributed by atoms with Gasteiger partial charge in [0.1, 0.15) is 11.4 Å². The third-order valence-electron chi connectivity index (χ3n) is 12.1. The lowest BCUT2D eigenvalue weighted by molar-refractivity contribution is -0.223. The molecule has 0 aromatic heterocycles. The van der Waals surface area contributed by atoms with E-state index in [9.17, 15) is 14.7 Å². The quantitative estimate of drug-likeness (QED) is 0.631. The topological polar surface area (TPSA) is 63.6 Å². The molecule has 1 aliphatic heterocycles. The molecule has 0 amide bonds. The van der Waals surface area contributed by atoms with E-state index in [2.05, 4.69) is 20.8 Å². The van der Waals surface area contributed by atoms with Crippen molar-refractivity contribution >= 4 is 11.8 Å². The molecule has 0 aromatic carbocycles. The minimum atomic E-state index is -0.791. The second kappa shape index (κ2) is 4.79. The van der Waals surface area contributed by atoms with Crippen LogP contribution < -0.4 is 0 Å². The first-order valence-corrected chi connectivity index (χ1v) is 12.1. The predicted molar refractivity (Wildman–Crippen MR) is 106 cm³/mol. The standard InChI is InChI=1S/C25H34O4/c1-12-18-19-15(22(2)7-4-13(26)11-24(22,28)20(12)18)5-8-23(3)21(19)14-10-16(14)25(23)9-6-17(27)29-25/h12,14-16,18-21,28H,4-11H2,1-3H3. The van der Waals surface area contributed by atoms with Gasteiger partial charge in [-0.3, -0.25) is 9.59 Å². The lowest BCUT2D eigenvalue weighted by Gasteiger charge is -2.64. The van der Waals surface area contributed by atoms with Crippen LogP contribution in [0.3, 0.4) is 0 Å².